The van der Waals surface area contributed by atoms with E-state index in [0.29, 0.717) is 5.92 Å². The number of hydrogen-bond donors (Lipinski definition) is 1. The molecule has 1 N–H and O–H groups in total. The van der Waals surface area contributed by atoms with Gasteiger partial charge in [0.15, 0.2) is 0 Å². The lowest BCUT2D eigenvalue weighted by atomic mass is 9.87. The molecule has 1 aliphatic heterocycles. The van der Waals surface area contributed by atoms with E-state index in [4.69, 9.17) is 0 Å². The fourth-order valence-corrected chi connectivity index (χ4v) is 2.16. The predicted octanol–water partition coefficient (Wildman–Crippen LogP) is 2.49. The molecule has 0 radical (unpaired) electrons. The Kier molecular flexibility index (Phi) is 2.76. The van der Waals surface area contributed by atoms with Gasteiger partial charge in [-0.25, -0.2) is 0 Å². The summed E-state index contributed by atoms with van der Waals surface area (Å²) in [6.45, 7) is 5.06. The maximum atomic E-state index is 11.7. The molecule has 2 rings (SSSR count). The standard InChI is InChI=1S/C13H17NO/c1-3-9-5-6-11-10(4-2)8-14-13(15)12(11)7-9/h5-7,10H,3-4,8H2,1-2H3,(H,14,15). The number of carbonyl (C=O) groups is 1. The zero-order chi connectivity index (χ0) is 10.8. The molecule has 15 heavy (non-hydrogen) atoms. The first-order valence-electron chi connectivity index (χ1n) is 5.67. The van der Waals surface area contributed by atoms with Crippen molar-refractivity contribution in [1.82, 2.24) is 5.32 Å². The lowest BCUT2D eigenvalue weighted by Gasteiger charge is -2.25. The first kappa shape index (κ1) is 10.2. The van der Waals surface area contributed by atoms with E-state index in [1.165, 1.54) is 11.1 Å². The van der Waals surface area contributed by atoms with Crippen LogP contribution in [0.4, 0.5) is 0 Å². The number of nitrogens with one attached hydrogen (secondary N) is 1. The van der Waals surface area contributed by atoms with Gasteiger partial charge in [-0.3, -0.25) is 4.79 Å². The van der Waals surface area contributed by atoms with Crippen LogP contribution in [0.3, 0.4) is 0 Å². The number of amides is 1. The largest absolute Gasteiger partial charge is 0.351 e. The summed E-state index contributed by atoms with van der Waals surface area (Å²) in [4.78, 5) is 11.7. The van der Waals surface area contributed by atoms with Crippen LogP contribution in [0.25, 0.3) is 0 Å². The molecule has 1 heterocycles. The topological polar surface area (TPSA) is 29.1 Å². The summed E-state index contributed by atoms with van der Waals surface area (Å²) in [7, 11) is 0. The van der Waals surface area contributed by atoms with Crippen molar-refractivity contribution >= 4 is 5.91 Å². The van der Waals surface area contributed by atoms with Crippen molar-refractivity contribution in [2.45, 2.75) is 32.6 Å². The van der Waals surface area contributed by atoms with Gasteiger partial charge < -0.3 is 5.32 Å². The molecule has 1 atom stereocenters. The summed E-state index contributed by atoms with van der Waals surface area (Å²) in [5, 5.41) is 2.95. The van der Waals surface area contributed by atoms with Crippen LogP contribution in [0.15, 0.2) is 18.2 Å². The van der Waals surface area contributed by atoms with E-state index < -0.39 is 0 Å². The minimum atomic E-state index is 0.0880. The molecule has 1 aromatic carbocycles. The Balaban J connectivity index is 2.47. The molecule has 0 aromatic heterocycles. The summed E-state index contributed by atoms with van der Waals surface area (Å²) >= 11 is 0. The van der Waals surface area contributed by atoms with E-state index in [1.807, 2.05) is 6.07 Å². The van der Waals surface area contributed by atoms with Gasteiger partial charge >= 0.3 is 0 Å². The molecule has 1 aromatic rings. The maximum Gasteiger partial charge on any atom is 0.251 e. The Morgan fingerprint density at radius 3 is 2.87 bits per heavy atom. The smallest absolute Gasteiger partial charge is 0.251 e. The highest BCUT2D eigenvalue weighted by molar-refractivity contribution is 5.97. The van der Waals surface area contributed by atoms with Gasteiger partial charge in [-0.1, -0.05) is 26.0 Å². The number of hydrogen-bond acceptors (Lipinski definition) is 1. The molecule has 1 aliphatic rings. The van der Waals surface area contributed by atoms with Crippen LogP contribution in [0.5, 0.6) is 0 Å². The van der Waals surface area contributed by atoms with Crippen molar-refractivity contribution in [1.29, 1.82) is 0 Å². The van der Waals surface area contributed by atoms with E-state index in [0.717, 1.165) is 24.9 Å². The Labute approximate surface area is 90.7 Å². The summed E-state index contributed by atoms with van der Waals surface area (Å²) in [5.41, 5.74) is 3.34. The van der Waals surface area contributed by atoms with Gasteiger partial charge in [-0.05, 0) is 30.0 Å². The minimum absolute atomic E-state index is 0.0880. The third-order valence-corrected chi connectivity index (χ3v) is 3.21. The summed E-state index contributed by atoms with van der Waals surface area (Å²) in [6, 6.07) is 6.30. The second-order valence-electron chi connectivity index (χ2n) is 4.09. The molecule has 2 heteroatoms. The quantitative estimate of drug-likeness (QED) is 0.786. The van der Waals surface area contributed by atoms with Gasteiger partial charge in [0.05, 0.1) is 0 Å². The van der Waals surface area contributed by atoms with E-state index in [2.05, 4.69) is 31.3 Å². The zero-order valence-electron chi connectivity index (χ0n) is 9.34. The van der Waals surface area contributed by atoms with Gasteiger partial charge in [-0.15, -0.1) is 0 Å². The molecule has 80 valence electrons. The Hall–Kier alpha value is -1.31. The van der Waals surface area contributed by atoms with Gasteiger partial charge in [0, 0.05) is 18.0 Å². The molecule has 1 unspecified atom stereocenters. The van der Waals surface area contributed by atoms with Crippen LogP contribution in [0.1, 0.15) is 47.7 Å². The third kappa shape index (κ3) is 1.76. The summed E-state index contributed by atoms with van der Waals surface area (Å²) in [5.74, 6) is 0.577. The second-order valence-corrected chi connectivity index (χ2v) is 4.09. The minimum Gasteiger partial charge on any atom is -0.351 e. The number of benzene rings is 1. The van der Waals surface area contributed by atoms with Crippen molar-refractivity contribution in [3.05, 3.63) is 34.9 Å². The number of aryl methyl sites for hydroxylation is 1. The molecule has 0 saturated heterocycles. The van der Waals surface area contributed by atoms with Crippen molar-refractivity contribution in [3.63, 3.8) is 0 Å². The summed E-state index contributed by atoms with van der Waals surface area (Å²) < 4.78 is 0. The van der Waals surface area contributed by atoms with E-state index >= 15 is 0 Å². The molecule has 0 fully saturated rings. The highest BCUT2D eigenvalue weighted by Crippen LogP contribution is 2.27. The number of fused-ring (bicyclic) bond motifs is 1. The van der Waals surface area contributed by atoms with Gasteiger partial charge in [0.2, 0.25) is 0 Å². The lowest BCUT2D eigenvalue weighted by molar-refractivity contribution is 0.0939. The van der Waals surface area contributed by atoms with E-state index in [-0.39, 0.29) is 5.91 Å². The normalized spacial score (nSPS) is 19.6. The van der Waals surface area contributed by atoms with Crippen molar-refractivity contribution < 1.29 is 4.79 Å². The van der Waals surface area contributed by atoms with Crippen LogP contribution in [0, 0.1) is 0 Å². The van der Waals surface area contributed by atoms with Crippen LogP contribution in [-0.2, 0) is 6.42 Å². The zero-order valence-corrected chi connectivity index (χ0v) is 9.34. The summed E-state index contributed by atoms with van der Waals surface area (Å²) in [6.07, 6.45) is 2.07. The van der Waals surface area contributed by atoms with Gasteiger partial charge in [0.25, 0.3) is 5.91 Å². The van der Waals surface area contributed by atoms with Crippen LogP contribution in [-0.4, -0.2) is 12.5 Å². The van der Waals surface area contributed by atoms with Crippen molar-refractivity contribution in [2.75, 3.05) is 6.54 Å². The molecule has 0 spiro atoms. The predicted molar refractivity (Wildman–Crippen MR) is 61.2 cm³/mol. The van der Waals surface area contributed by atoms with Crippen LogP contribution in [0.2, 0.25) is 0 Å². The van der Waals surface area contributed by atoms with Crippen LogP contribution < -0.4 is 5.32 Å². The second kappa shape index (κ2) is 4.05. The molecular weight excluding hydrogens is 186 g/mol. The molecule has 0 saturated carbocycles. The lowest BCUT2D eigenvalue weighted by Crippen LogP contribution is -2.34. The average Bonchev–Trinajstić information content (AvgIpc) is 2.29. The monoisotopic (exact) mass is 203 g/mol. The molecule has 0 aliphatic carbocycles. The Bertz CT molecular complexity index is 384. The molecule has 1 amide bonds. The first-order valence-corrected chi connectivity index (χ1v) is 5.67. The maximum absolute atomic E-state index is 11.7. The molecule has 0 bridgehead atoms. The highest BCUT2D eigenvalue weighted by Gasteiger charge is 2.23. The van der Waals surface area contributed by atoms with Crippen molar-refractivity contribution in [2.24, 2.45) is 0 Å². The Morgan fingerprint density at radius 2 is 2.20 bits per heavy atom. The van der Waals surface area contributed by atoms with Gasteiger partial charge in [-0.2, -0.15) is 0 Å². The molecular formula is C13H17NO. The Morgan fingerprint density at radius 1 is 1.40 bits per heavy atom. The third-order valence-electron chi connectivity index (χ3n) is 3.21. The highest BCUT2D eigenvalue weighted by atomic mass is 16.1. The first-order chi connectivity index (χ1) is 7.26. The molecule has 2 nitrogen and oxygen atoms in total. The van der Waals surface area contributed by atoms with E-state index in [9.17, 15) is 4.79 Å². The fourth-order valence-electron chi connectivity index (χ4n) is 2.16. The SMILES string of the molecule is CCc1ccc2c(c1)C(=O)NCC2CC. The fraction of sp³-hybridized carbons (Fsp3) is 0.462. The number of rotatable bonds is 2. The van der Waals surface area contributed by atoms with E-state index in [1.54, 1.807) is 0 Å². The van der Waals surface area contributed by atoms with Gasteiger partial charge in [0.1, 0.15) is 0 Å². The average molecular weight is 203 g/mol. The van der Waals surface area contributed by atoms with Crippen molar-refractivity contribution in [3.8, 4) is 0 Å². The van der Waals surface area contributed by atoms with Crippen LogP contribution >= 0.6 is 0 Å². The number of carbonyl (C=O) groups excluding carboxylic acids is 1.